The fourth-order valence-corrected chi connectivity index (χ4v) is 3.30. The Hall–Kier alpha value is -1.73. The smallest absolute Gasteiger partial charge is 0.213 e. The summed E-state index contributed by atoms with van der Waals surface area (Å²) in [6.07, 6.45) is -0.0907. The Kier molecular flexibility index (Phi) is 6.35. The second-order valence-corrected chi connectivity index (χ2v) is 7.12. The Labute approximate surface area is 151 Å². The lowest BCUT2D eigenvalue weighted by Gasteiger charge is -2.42. The van der Waals surface area contributed by atoms with Crippen LogP contribution in [0.25, 0.3) is 10.9 Å². The first kappa shape index (κ1) is 19.6. The first-order chi connectivity index (χ1) is 11.8. The summed E-state index contributed by atoms with van der Waals surface area (Å²) in [7, 11) is 14.0. The van der Waals surface area contributed by atoms with Crippen molar-refractivity contribution in [3.05, 3.63) is 35.9 Å². The molecule has 2 rings (SSSR count). The van der Waals surface area contributed by atoms with Crippen LogP contribution in [0.3, 0.4) is 0 Å². The van der Waals surface area contributed by atoms with Crippen LogP contribution in [-0.4, -0.2) is 81.3 Å². The molecular weight excluding hydrogens is 314 g/mol. The number of rotatable bonds is 7. The summed E-state index contributed by atoms with van der Waals surface area (Å²) in [5.41, 5.74) is 8.67. The highest BCUT2D eigenvalue weighted by atomic mass is 16.5. The van der Waals surface area contributed by atoms with E-state index in [0.717, 1.165) is 10.9 Å². The van der Waals surface area contributed by atoms with Gasteiger partial charge in [0.2, 0.25) is 5.88 Å². The van der Waals surface area contributed by atoms with Gasteiger partial charge in [-0.15, -0.1) is 0 Å². The Morgan fingerprint density at radius 2 is 1.60 bits per heavy atom. The van der Waals surface area contributed by atoms with E-state index in [0.29, 0.717) is 5.88 Å². The Bertz CT molecular complexity index is 701. The average molecular weight is 345 g/mol. The molecule has 0 saturated heterocycles. The molecule has 0 unspecified atom stereocenters. The van der Waals surface area contributed by atoms with Crippen molar-refractivity contribution in [1.82, 2.24) is 19.7 Å². The zero-order valence-electron chi connectivity index (χ0n) is 16.4. The number of fused-ring (bicyclic) bond motifs is 1. The lowest BCUT2D eigenvalue weighted by Crippen LogP contribution is -2.57. The molecule has 25 heavy (non-hydrogen) atoms. The zero-order valence-corrected chi connectivity index (χ0v) is 16.4. The first-order valence-corrected chi connectivity index (χ1v) is 8.45. The topological polar surface area (TPSA) is 57.9 Å². The number of ether oxygens (including phenoxy) is 1. The van der Waals surface area contributed by atoms with Crippen molar-refractivity contribution in [3.8, 4) is 5.88 Å². The summed E-state index contributed by atoms with van der Waals surface area (Å²) < 4.78 is 5.22. The number of likely N-dealkylation sites (N-methyl/N-ethyl adjacent to an activating group) is 3. The van der Waals surface area contributed by atoms with Crippen molar-refractivity contribution in [2.75, 3.05) is 49.4 Å². The van der Waals surface area contributed by atoms with Gasteiger partial charge in [0.05, 0.1) is 30.9 Å². The molecule has 138 valence electrons. The van der Waals surface area contributed by atoms with Crippen molar-refractivity contribution in [2.45, 2.75) is 18.2 Å². The summed E-state index contributed by atoms with van der Waals surface area (Å²) in [5, 5.41) is 1.10. The van der Waals surface area contributed by atoms with Crippen molar-refractivity contribution >= 4 is 10.9 Å². The van der Waals surface area contributed by atoms with E-state index in [9.17, 15) is 0 Å². The number of nitrogens with two attached hydrogens (primary N) is 1. The van der Waals surface area contributed by atoms with Crippen LogP contribution >= 0.6 is 0 Å². The molecule has 0 aliphatic carbocycles. The molecule has 0 fully saturated rings. The third-order valence-corrected chi connectivity index (χ3v) is 4.66. The number of benzene rings is 1. The SMILES string of the molecule is COc1ccc2cc([C@@H]([C@@H]([C@@H](N)N(C)C)N(C)C)N(C)C)ccc2n1. The van der Waals surface area contributed by atoms with Crippen LogP contribution in [0, 0.1) is 0 Å². The summed E-state index contributed by atoms with van der Waals surface area (Å²) in [5.74, 6) is 0.630. The van der Waals surface area contributed by atoms with E-state index in [1.807, 2.05) is 26.2 Å². The van der Waals surface area contributed by atoms with Gasteiger partial charge in [0, 0.05) is 11.5 Å². The molecule has 1 heterocycles. The molecule has 0 aliphatic heterocycles. The molecule has 0 spiro atoms. The third kappa shape index (κ3) is 4.27. The molecule has 0 aliphatic rings. The zero-order chi connectivity index (χ0) is 18.7. The molecule has 0 radical (unpaired) electrons. The van der Waals surface area contributed by atoms with Gasteiger partial charge in [-0.25, -0.2) is 4.98 Å². The number of aromatic nitrogens is 1. The minimum Gasteiger partial charge on any atom is -0.481 e. The summed E-state index contributed by atoms with van der Waals surface area (Å²) >= 11 is 0. The molecule has 1 aromatic heterocycles. The van der Waals surface area contributed by atoms with Crippen molar-refractivity contribution in [3.63, 3.8) is 0 Å². The van der Waals surface area contributed by atoms with E-state index in [1.165, 1.54) is 5.56 Å². The maximum Gasteiger partial charge on any atom is 0.213 e. The second kappa shape index (κ2) is 8.10. The minimum atomic E-state index is -0.0907. The average Bonchev–Trinajstić information content (AvgIpc) is 2.57. The highest BCUT2D eigenvalue weighted by Crippen LogP contribution is 2.29. The summed E-state index contributed by atoms with van der Waals surface area (Å²) in [6, 6.07) is 10.6. The van der Waals surface area contributed by atoms with Crippen LogP contribution in [0.2, 0.25) is 0 Å². The van der Waals surface area contributed by atoms with E-state index < -0.39 is 0 Å². The quantitative estimate of drug-likeness (QED) is 0.770. The molecule has 0 amide bonds. The molecule has 6 heteroatoms. The number of hydrogen-bond acceptors (Lipinski definition) is 6. The Morgan fingerprint density at radius 3 is 2.12 bits per heavy atom. The normalized spacial score (nSPS) is 15.8. The van der Waals surface area contributed by atoms with Gasteiger partial charge in [0.15, 0.2) is 0 Å². The molecular formula is C19H31N5O. The minimum absolute atomic E-state index is 0.0907. The largest absolute Gasteiger partial charge is 0.481 e. The lowest BCUT2D eigenvalue weighted by atomic mass is 9.93. The summed E-state index contributed by atoms with van der Waals surface area (Å²) in [4.78, 5) is 11.0. The highest BCUT2D eigenvalue weighted by Gasteiger charge is 2.33. The van der Waals surface area contributed by atoms with Gasteiger partial charge in [0.25, 0.3) is 0 Å². The standard InChI is InChI=1S/C19H31N5O/c1-22(2)17(18(23(3)4)19(20)24(5)6)14-8-10-15-13(12-14)9-11-16(21-15)25-7/h8-12,17-19H,20H2,1-7H3/t17-,18-,19-/m0/s1. The van der Waals surface area contributed by atoms with Crippen LogP contribution in [0.1, 0.15) is 11.6 Å². The number of nitrogens with zero attached hydrogens (tertiary/aromatic N) is 4. The maximum absolute atomic E-state index is 6.52. The van der Waals surface area contributed by atoms with Crippen molar-refractivity contribution < 1.29 is 4.74 Å². The Balaban J connectivity index is 2.50. The van der Waals surface area contributed by atoms with Gasteiger partial charge in [-0.2, -0.15) is 0 Å². The molecule has 2 aromatic rings. The molecule has 3 atom stereocenters. The van der Waals surface area contributed by atoms with Crippen LogP contribution in [0.4, 0.5) is 0 Å². The Morgan fingerprint density at radius 1 is 0.920 bits per heavy atom. The van der Waals surface area contributed by atoms with E-state index in [-0.39, 0.29) is 18.2 Å². The van der Waals surface area contributed by atoms with Crippen molar-refractivity contribution in [1.29, 1.82) is 0 Å². The van der Waals surface area contributed by atoms with Crippen LogP contribution in [-0.2, 0) is 0 Å². The van der Waals surface area contributed by atoms with Gasteiger partial charge in [-0.05, 0) is 66.0 Å². The van der Waals surface area contributed by atoms with Gasteiger partial charge in [-0.3, -0.25) is 4.90 Å². The van der Waals surface area contributed by atoms with E-state index in [1.54, 1.807) is 7.11 Å². The van der Waals surface area contributed by atoms with Crippen LogP contribution < -0.4 is 10.5 Å². The molecule has 2 N–H and O–H groups in total. The number of methoxy groups -OCH3 is 1. The van der Waals surface area contributed by atoms with Gasteiger partial charge in [-0.1, -0.05) is 6.07 Å². The van der Waals surface area contributed by atoms with E-state index >= 15 is 0 Å². The molecule has 6 nitrogen and oxygen atoms in total. The fourth-order valence-electron chi connectivity index (χ4n) is 3.30. The second-order valence-electron chi connectivity index (χ2n) is 7.12. The van der Waals surface area contributed by atoms with Crippen LogP contribution in [0.15, 0.2) is 30.3 Å². The van der Waals surface area contributed by atoms with E-state index in [4.69, 9.17) is 10.5 Å². The number of pyridine rings is 1. The summed E-state index contributed by atoms with van der Waals surface area (Å²) in [6.45, 7) is 0. The maximum atomic E-state index is 6.52. The van der Waals surface area contributed by atoms with Crippen molar-refractivity contribution in [2.24, 2.45) is 5.73 Å². The molecule has 0 bridgehead atoms. The van der Waals surface area contributed by atoms with E-state index in [2.05, 4.69) is 66.1 Å². The van der Waals surface area contributed by atoms with Crippen LogP contribution in [0.5, 0.6) is 5.88 Å². The third-order valence-electron chi connectivity index (χ3n) is 4.66. The van der Waals surface area contributed by atoms with Gasteiger partial charge >= 0.3 is 0 Å². The fraction of sp³-hybridized carbons (Fsp3) is 0.526. The predicted octanol–water partition coefficient (Wildman–Crippen LogP) is 1.62. The monoisotopic (exact) mass is 345 g/mol. The first-order valence-electron chi connectivity index (χ1n) is 8.45. The predicted molar refractivity (Wildman–Crippen MR) is 104 cm³/mol. The highest BCUT2D eigenvalue weighted by molar-refractivity contribution is 5.80. The number of hydrogen-bond donors (Lipinski definition) is 1. The molecule has 1 aromatic carbocycles. The lowest BCUT2D eigenvalue weighted by molar-refractivity contribution is 0.0781. The van der Waals surface area contributed by atoms with Gasteiger partial charge < -0.3 is 20.3 Å². The van der Waals surface area contributed by atoms with Gasteiger partial charge in [0.1, 0.15) is 0 Å². The molecule has 0 saturated carbocycles.